The predicted octanol–water partition coefficient (Wildman–Crippen LogP) is 2.26. The van der Waals surface area contributed by atoms with E-state index in [-0.39, 0.29) is 5.97 Å². The van der Waals surface area contributed by atoms with Gasteiger partial charge in [-0.05, 0) is 37.1 Å². The van der Waals surface area contributed by atoms with Crippen molar-refractivity contribution in [2.75, 3.05) is 25.6 Å². The minimum absolute atomic E-state index is 0.181. The molecule has 4 heteroatoms. The number of benzene rings is 1. The summed E-state index contributed by atoms with van der Waals surface area (Å²) in [5.41, 5.74) is 2.72. The highest BCUT2D eigenvalue weighted by Gasteiger charge is 2.05. The minimum Gasteiger partial charge on any atom is -0.469 e. The summed E-state index contributed by atoms with van der Waals surface area (Å²) in [7, 11) is 3.37. The molecule has 1 rings (SSSR count). The summed E-state index contributed by atoms with van der Waals surface area (Å²) >= 11 is 0. The van der Waals surface area contributed by atoms with Crippen molar-refractivity contribution >= 4 is 11.7 Å². The van der Waals surface area contributed by atoms with Gasteiger partial charge in [0.15, 0.2) is 0 Å². The second kappa shape index (κ2) is 6.65. The van der Waals surface area contributed by atoms with Crippen molar-refractivity contribution in [3.05, 3.63) is 29.3 Å². The summed E-state index contributed by atoms with van der Waals surface area (Å²) in [4.78, 5) is 13.1. The Morgan fingerprint density at radius 2 is 2.22 bits per heavy atom. The largest absolute Gasteiger partial charge is 0.469 e. The van der Waals surface area contributed by atoms with Gasteiger partial charge in [0, 0.05) is 25.7 Å². The van der Waals surface area contributed by atoms with E-state index in [2.05, 4.69) is 15.7 Å². The Morgan fingerprint density at radius 1 is 1.50 bits per heavy atom. The van der Waals surface area contributed by atoms with Crippen LogP contribution in [0.25, 0.3) is 0 Å². The molecular weight excluding hydrogens is 228 g/mol. The summed E-state index contributed by atoms with van der Waals surface area (Å²) < 4.78 is 4.59. The molecule has 0 aliphatic heterocycles. The maximum atomic E-state index is 11.0. The van der Waals surface area contributed by atoms with Crippen molar-refractivity contribution in [1.29, 1.82) is 5.26 Å². The summed E-state index contributed by atoms with van der Waals surface area (Å²) in [5.74, 6) is -0.181. The third kappa shape index (κ3) is 3.77. The van der Waals surface area contributed by atoms with Crippen LogP contribution in [0.5, 0.6) is 0 Å². The van der Waals surface area contributed by atoms with Gasteiger partial charge >= 0.3 is 5.97 Å². The van der Waals surface area contributed by atoms with Crippen molar-refractivity contribution in [3.63, 3.8) is 0 Å². The zero-order chi connectivity index (χ0) is 13.5. The first-order chi connectivity index (χ1) is 8.58. The second-order valence-corrected chi connectivity index (χ2v) is 4.21. The highest BCUT2D eigenvalue weighted by molar-refractivity contribution is 5.69. The standard InChI is InChI=1S/C14H18N2O2/c1-11-9-13(7-6-12(11)10-15)16(2)8-4-5-14(17)18-3/h6-7,9H,4-5,8H2,1-3H3. The maximum Gasteiger partial charge on any atom is 0.305 e. The summed E-state index contributed by atoms with van der Waals surface area (Å²) in [6.07, 6.45) is 1.18. The molecule has 0 N–H and O–H groups in total. The highest BCUT2D eigenvalue weighted by atomic mass is 16.5. The molecule has 0 heterocycles. The zero-order valence-corrected chi connectivity index (χ0v) is 11.1. The number of rotatable bonds is 5. The average molecular weight is 246 g/mol. The van der Waals surface area contributed by atoms with Gasteiger partial charge in [0.2, 0.25) is 0 Å². The first kappa shape index (κ1) is 14.0. The number of hydrogen-bond donors (Lipinski definition) is 0. The number of esters is 1. The smallest absolute Gasteiger partial charge is 0.305 e. The summed E-state index contributed by atoms with van der Waals surface area (Å²) in [5, 5.41) is 8.86. The lowest BCUT2D eigenvalue weighted by atomic mass is 10.1. The van der Waals surface area contributed by atoms with Gasteiger partial charge in [0.1, 0.15) is 0 Å². The monoisotopic (exact) mass is 246 g/mol. The molecule has 4 nitrogen and oxygen atoms in total. The normalized spacial score (nSPS) is 9.67. The molecule has 0 aliphatic rings. The van der Waals surface area contributed by atoms with E-state index >= 15 is 0 Å². The molecule has 0 unspecified atom stereocenters. The van der Waals surface area contributed by atoms with Crippen molar-refractivity contribution in [1.82, 2.24) is 0 Å². The molecule has 0 fully saturated rings. The number of carbonyl (C=O) groups is 1. The molecule has 96 valence electrons. The van der Waals surface area contributed by atoms with E-state index in [1.54, 1.807) is 0 Å². The predicted molar refractivity (Wildman–Crippen MR) is 70.4 cm³/mol. The van der Waals surface area contributed by atoms with Crippen LogP contribution in [-0.4, -0.2) is 26.7 Å². The number of aryl methyl sites for hydroxylation is 1. The lowest BCUT2D eigenvalue weighted by Crippen LogP contribution is -2.19. The van der Waals surface area contributed by atoms with E-state index in [9.17, 15) is 4.79 Å². The first-order valence-electron chi connectivity index (χ1n) is 5.87. The van der Waals surface area contributed by atoms with E-state index in [1.165, 1.54) is 7.11 Å². The third-order valence-electron chi connectivity index (χ3n) is 2.87. The Labute approximate surface area is 108 Å². The lowest BCUT2D eigenvalue weighted by molar-refractivity contribution is -0.140. The van der Waals surface area contributed by atoms with Gasteiger partial charge in [0.25, 0.3) is 0 Å². The van der Waals surface area contributed by atoms with E-state index in [0.29, 0.717) is 12.0 Å². The van der Waals surface area contributed by atoms with Crippen LogP contribution in [0, 0.1) is 18.3 Å². The Balaban J connectivity index is 2.57. The molecule has 18 heavy (non-hydrogen) atoms. The van der Waals surface area contributed by atoms with Crippen molar-refractivity contribution in [3.8, 4) is 6.07 Å². The molecule has 0 spiro atoms. The van der Waals surface area contributed by atoms with Gasteiger partial charge < -0.3 is 9.64 Å². The lowest BCUT2D eigenvalue weighted by Gasteiger charge is -2.19. The number of nitrogens with zero attached hydrogens (tertiary/aromatic N) is 2. The van der Waals surface area contributed by atoms with Gasteiger partial charge in [-0.3, -0.25) is 4.79 Å². The van der Waals surface area contributed by atoms with Crippen molar-refractivity contribution in [2.45, 2.75) is 19.8 Å². The fourth-order valence-corrected chi connectivity index (χ4v) is 1.70. The number of ether oxygens (including phenoxy) is 1. The molecule has 0 bridgehead atoms. The number of anilines is 1. The molecule has 0 aliphatic carbocycles. The summed E-state index contributed by atoms with van der Waals surface area (Å²) in [6.45, 7) is 2.70. The Kier molecular flexibility index (Phi) is 5.19. The first-order valence-corrected chi connectivity index (χ1v) is 5.87. The van der Waals surface area contributed by atoms with Crippen LogP contribution in [0.2, 0.25) is 0 Å². The average Bonchev–Trinajstić information content (AvgIpc) is 2.38. The number of hydrogen-bond acceptors (Lipinski definition) is 4. The van der Waals surface area contributed by atoms with Crippen molar-refractivity contribution in [2.24, 2.45) is 0 Å². The van der Waals surface area contributed by atoms with Crippen LogP contribution in [0.3, 0.4) is 0 Å². The second-order valence-electron chi connectivity index (χ2n) is 4.21. The van der Waals surface area contributed by atoms with Crippen LogP contribution in [0.15, 0.2) is 18.2 Å². The highest BCUT2D eigenvalue weighted by Crippen LogP contribution is 2.18. The molecule has 0 atom stereocenters. The minimum atomic E-state index is -0.181. The molecule has 1 aromatic rings. The number of methoxy groups -OCH3 is 1. The van der Waals surface area contributed by atoms with Gasteiger partial charge in [0.05, 0.1) is 18.7 Å². The van der Waals surface area contributed by atoms with Gasteiger partial charge in [-0.15, -0.1) is 0 Å². The van der Waals surface area contributed by atoms with E-state index < -0.39 is 0 Å². The van der Waals surface area contributed by atoms with Gasteiger partial charge in [-0.2, -0.15) is 5.26 Å². The molecule has 1 aromatic carbocycles. The van der Waals surface area contributed by atoms with Crippen LogP contribution in [0.1, 0.15) is 24.0 Å². The zero-order valence-electron chi connectivity index (χ0n) is 11.1. The maximum absolute atomic E-state index is 11.0. The number of carbonyl (C=O) groups excluding carboxylic acids is 1. The number of nitriles is 1. The quantitative estimate of drug-likeness (QED) is 0.748. The van der Waals surface area contributed by atoms with Crippen LogP contribution >= 0.6 is 0 Å². The molecule has 0 amide bonds. The molecule has 0 saturated heterocycles. The SMILES string of the molecule is COC(=O)CCCN(C)c1ccc(C#N)c(C)c1. The van der Waals surface area contributed by atoms with Crippen LogP contribution < -0.4 is 4.90 Å². The molecule has 0 aromatic heterocycles. The van der Waals surface area contributed by atoms with Crippen LogP contribution in [-0.2, 0) is 9.53 Å². The summed E-state index contributed by atoms with van der Waals surface area (Å²) in [6, 6.07) is 7.87. The van der Waals surface area contributed by atoms with Crippen molar-refractivity contribution < 1.29 is 9.53 Å². The van der Waals surface area contributed by atoms with Crippen LogP contribution in [0.4, 0.5) is 5.69 Å². The van der Waals surface area contributed by atoms with Gasteiger partial charge in [-0.1, -0.05) is 0 Å². The fraction of sp³-hybridized carbons (Fsp3) is 0.429. The topological polar surface area (TPSA) is 53.3 Å². The Morgan fingerprint density at radius 3 is 2.78 bits per heavy atom. The Bertz CT molecular complexity index is 463. The molecule has 0 saturated carbocycles. The van der Waals surface area contributed by atoms with E-state index in [4.69, 9.17) is 5.26 Å². The van der Waals surface area contributed by atoms with E-state index in [0.717, 1.165) is 24.2 Å². The van der Waals surface area contributed by atoms with Gasteiger partial charge in [-0.25, -0.2) is 0 Å². The third-order valence-corrected chi connectivity index (χ3v) is 2.87. The Hall–Kier alpha value is -2.02. The van der Waals surface area contributed by atoms with E-state index in [1.807, 2.05) is 32.2 Å². The fourth-order valence-electron chi connectivity index (χ4n) is 1.70. The molecular formula is C14H18N2O2. The molecule has 0 radical (unpaired) electrons.